The number of carbonyl (C=O) groups is 1. The van der Waals surface area contributed by atoms with Gasteiger partial charge in [-0.15, -0.1) is 0 Å². The summed E-state index contributed by atoms with van der Waals surface area (Å²) in [5, 5.41) is 6.98. The monoisotopic (exact) mass is 329 g/mol. The number of rotatable bonds is 4. The molecule has 24 heavy (non-hydrogen) atoms. The second-order valence-electron chi connectivity index (χ2n) is 5.98. The van der Waals surface area contributed by atoms with Crippen LogP contribution >= 0.6 is 0 Å². The molecule has 2 heterocycles. The Morgan fingerprint density at radius 3 is 2.75 bits per heavy atom. The molecule has 2 amide bonds. The second-order valence-corrected chi connectivity index (χ2v) is 5.98. The first kappa shape index (κ1) is 16.4. The third kappa shape index (κ3) is 3.22. The zero-order chi connectivity index (χ0) is 17.1. The number of carbonyl (C=O) groups excluding carboxylic acids is 1. The third-order valence-electron chi connectivity index (χ3n) is 4.35. The lowest BCUT2D eigenvalue weighted by Crippen LogP contribution is -2.34. The van der Waals surface area contributed by atoms with Crippen molar-refractivity contribution >= 4 is 11.7 Å². The highest BCUT2D eigenvalue weighted by atomic mass is 16.5. The van der Waals surface area contributed by atoms with E-state index in [0.717, 1.165) is 47.8 Å². The van der Waals surface area contributed by atoms with Crippen LogP contribution in [0.25, 0.3) is 0 Å². The summed E-state index contributed by atoms with van der Waals surface area (Å²) < 4.78 is 10.7. The van der Waals surface area contributed by atoms with Crippen LogP contribution in [0.1, 0.15) is 42.8 Å². The second kappa shape index (κ2) is 6.95. The molecule has 1 aliphatic rings. The molecule has 1 saturated heterocycles. The average Bonchev–Trinajstić information content (AvgIpc) is 3.16. The van der Waals surface area contributed by atoms with Gasteiger partial charge in [-0.1, -0.05) is 5.16 Å². The van der Waals surface area contributed by atoms with Crippen molar-refractivity contribution in [1.29, 1.82) is 0 Å². The van der Waals surface area contributed by atoms with Gasteiger partial charge < -0.3 is 19.5 Å². The van der Waals surface area contributed by atoms with Gasteiger partial charge in [0.05, 0.1) is 18.3 Å². The molecule has 2 aromatic rings. The van der Waals surface area contributed by atoms with Crippen LogP contribution in [0.3, 0.4) is 0 Å². The normalized spacial score (nSPS) is 17.1. The molecule has 1 atom stereocenters. The first-order valence-electron chi connectivity index (χ1n) is 8.33. The number of nitrogens with one attached hydrogen (secondary N) is 1. The Kier molecular flexibility index (Phi) is 4.74. The van der Waals surface area contributed by atoms with Crippen molar-refractivity contribution in [3.63, 3.8) is 0 Å². The number of aromatic nitrogens is 1. The van der Waals surface area contributed by atoms with Crippen LogP contribution in [0.2, 0.25) is 0 Å². The van der Waals surface area contributed by atoms with E-state index in [2.05, 4.69) is 10.5 Å². The Hall–Kier alpha value is -2.50. The van der Waals surface area contributed by atoms with Crippen molar-refractivity contribution in [2.24, 2.45) is 0 Å². The summed E-state index contributed by atoms with van der Waals surface area (Å²) in [5.74, 6) is 1.59. The fraction of sp³-hybridized carbons (Fsp3) is 0.444. The minimum atomic E-state index is -0.0957. The maximum absolute atomic E-state index is 12.7. The minimum Gasteiger partial charge on any atom is -0.494 e. The first-order chi connectivity index (χ1) is 11.6. The van der Waals surface area contributed by atoms with E-state index in [1.54, 1.807) is 0 Å². The summed E-state index contributed by atoms with van der Waals surface area (Å²) in [5.41, 5.74) is 2.65. The van der Waals surface area contributed by atoms with Crippen LogP contribution in [-0.4, -0.2) is 29.2 Å². The van der Waals surface area contributed by atoms with E-state index in [9.17, 15) is 4.79 Å². The van der Waals surface area contributed by atoms with Crippen LogP contribution in [0.4, 0.5) is 10.5 Å². The third-order valence-corrected chi connectivity index (χ3v) is 4.35. The van der Waals surface area contributed by atoms with E-state index in [0.29, 0.717) is 6.61 Å². The Balaban J connectivity index is 1.72. The minimum absolute atomic E-state index is 0.0268. The SMILES string of the molecule is CCOc1ccc(NC(=O)N2CCCC2c2c(C)noc2C)cc1. The molecule has 1 unspecified atom stereocenters. The summed E-state index contributed by atoms with van der Waals surface area (Å²) in [6.07, 6.45) is 1.91. The molecule has 6 nitrogen and oxygen atoms in total. The van der Waals surface area contributed by atoms with E-state index in [4.69, 9.17) is 9.26 Å². The predicted octanol–water partition coefficient (Wildman–Crippen LogP) is 4.06. The highest BCUT2D eigenvalue weighted by Gasteiger charge is 2.33. The number of ether oxygens (including phenoxy) is 1. The largest absolute Gasteiger partial charge is 0.494 e. The number of anilines is 1. The first-order valence-corrected chi connectivity index (χ1v) is 8.33. The quantitative estimate of drug-likeness (QED) is 0.918. The molecule has 0 radical (unpaired) electrons. The van der Waals surface area contributed by atoms with Gasteiger partial charge in [-0.3, -0.25) is 0 Å². The molecule has 1 N–H and O–H groups in total. The Bertz CT molecular complexity index is 689. The molecule has 0 bridgehead atoms. The summed E-state index contributed by atoms with van der Waals surface area (Å²) >= 11 is 0. The van der Waals surface area contributed by atoms with Gasteiger partial charge in [-0.05, 0) is 57.9 Å². The predicted molar refractivity (Wildman–Crippen MR) is 91.3 cm³/mol. The van der Waals surface area contributed by atoms with E-state index < -0.39 is 0 Å². The fourth-order valence-electron chi connectivity index (χ4n) is 3.27. The number of hydrogen-bond acceptors (Lipinski definition) is 4. The van der Waals surface area contributed by atoms with Gasteiger partial charge in [0, 0.05) is 17.8 Å². The molecular weight excluding hydrogens is 306 g/mol. The maximum Gasteiger partial charge on any atom is 0.322 e. The summed E-state index contributed by atoms with van der Waals surface area (Å²) in [6, 6.07) is 7.35. The number of amides is 2. The average molecular weight is 329 g/mol. The summed E-state index contributed by atoms with van der Waals surface area (Å²) in [4.78, 5) is 14.6. The van der Waals surface area contributed by atoms with E-state index in [1.807, 2.05) is 49.9 Å². The molecule has 6 heteroatoms. The van der Waals surface area contributed by atoms with Gasteiger partial charge >= 0.3 is 6.03 Å². The van der Waals surface area contributed by atoms with Crippen molar-refractivity contribution in [2.75, 3.05) is 18.5 Å². The van der Waals surface area contributed by atoms with Crippen molar-refractivity contribution in [1.82, 2.24) is 10.1 Å². The Morgan fingerprint density at radius 1 is 1.38 bits per heavy atom. The van der Waals surface area contributed by atoms with Gasteiger partial charge in [0.2, 0.25) is 0 Å². The number of nitrogens with zero attached hydrogens (tertiary/aromatic N) is 2. The van der Waals surface area contributed by atoms with Crippen molar-refractivity contribution < 1.29 is 14.1 Å². The van der Waals surface area contributed by atoms with Gasteiger partial charge in [0.25, 0.3) is 0 Å². The standard InChI is InChI=1S/C18H23N3O3/c1-4-23-15-9-7-14(8-10-15)19-18(22)21-11-5-6-16(21)17-12(2)20-24-13(17)3/h7-10,16H,4-6,11H2,1-3H3,(H,19,22). The van der Waals surface area contributed by atoms with Gasteiger partial charge in [-0.25, -0.2) is 4.79 Å². The topological polar surface area (TPSA) is 67.6 Å². The van der Waals surface area contributed by atoms with E-state index >= 15 is 0 Å². The molecule has 1 aliphatic heterocycles. The van der Waals surface area contributed by atoms with Gasteiger partial charge in [0.15, 0.2) is 0 Å². The zero-order valence-electron chi connectivity index (χ0n) is 14.3. The lowest BCUT2D eigenvalue weighted by atomic mass is 10.0. The zero-order valence-corrected chi connectivity index (χ0v) is 14.3. The maximum atomic E-state index is 12.7. The molecule has 0 spiro atoms. The van der Waals surface area contributed by atoms with Crippen molar-refractivity contribution in [2.45, 2.75) is 39.7 Å². The Morgan fingerprint density at radius 2 is 2.12 bits per heavy atom. The molecule has 0 aliphatic carbocycles. The lowest BCUT2D eigenvalue weighted by molar-refractivity contribution is 0.206. The van der Waals surface area contributed by atoms with Crippen LogP contribution in [0.5, 0.6) is 5.75 Å². The highest BCUT2D eigenvalue weighted by Crippen LogP contribution is 2.35. The van der Waals surface area contributed by atoms with Crippen molar-refractivity contribution in [3.05, 3.63) is 41.3 Å². The number of hydrogen-bond donors (Lipinski definition) is 1. The summed E-state index contributed by atoms with van der Waals surface area (Å²) in [7, 11) is 0. The number of aryl methyl sites for hydroxylation is 2. The van der Waals surface area contributed by atoms with Crippen molar-refractivity contribution in [3.8, 4) is 5.75 Å². The van der Waals surface area contributed by atoms with Gasteiger partial charge in [0.1, 0.15) is 11.5 Å². The number of likely N-dealkylation sites (tertiary alicyclic amines) is 1. The van der Waals surface area contributed by atoms with E-state index in [1.165, 1.54) is 0 Å². The lowest BCUT2D eigenvalue weighted by Gasteiger charge is -2.25. The Labute approximate surface area is 141 Å². The van der Waals surface area contributed by atoms with Crippen LogP contribution < -0.4 is 10.1 Å². The fourth-order valence-corrected chi connectivity index (χ4v) is 3.27. The molecule has 1 fully saturated rings. The molecule has 1 aromatic heterocycles. The smallest absolute Gasteiger partial charge is 0.322 e. The highest BCUT2D eigenvalue weighted by molar-refractivity contribution is 5.89. The number of urea groups is 1. The molecular formula is C18H23N3O3. The van der Waals surface area contributed by atoms with Gasteiger partial charge in [-0.2, -0.15) is 0 Å². The van der Waals surface area contributed by atoms with Crippen LogP contribution in [0.15, 0.2) is 28.8 Å². The molecule has 0 saturated carbocycles. The van der Waals surface area contributed by atoms with Crippen LogP contribution in [-0.2, 0) is 0 Å². The van der Waals surface area contributed by atoms with E-state index in [-0.39, 0.29) is 12.1 Å². The number of benzene rings is 1. The van der Waals surface area contributed by atoms with Crippen LogP contribution in [0, 0.1) is 13.8 Å². The summed E-state index contributed by atoms with van der Waals surface area (Å²) in [6.45, 7) is 7.12. The molecule has 1 aromatic carbocycles. The molecule has 128 valence electrons. The molecule has 3 rings (SSSR count).